The Kier molecular flexibility index (Phi) is 5.02. The molecule has 0 bridgehead atoms. The SMILES string of the molecule is COc1ccccc1N1CCN(C(=O)c2cc(-c3ccccc3)nn2C)CC1. The zero-order valence-corrected chi connectivity index (χ0v) is 16.2. The van der Waals surface area contributed by atoms with E-state index in [2.05, 4.69) is 16.1 Å². The molecule has 0 radical (unpaired) electrons. The first-order valence-corrected chi connectivity index (χ1v) is 9.44. The fraction of sp³-hybridized carbons (Fsp3) is 0.273. The molecule has 2 heterocycles. The number of piperazine rings is 1. The van der Waals surface area contributed by atoms with Gasteiger partial charge in [0.05, 0.1) is 18.5 Å². The lowest BCUT2D eigenvalue weighted by Gasteiger charge is -2.36. The number of amides is 1. The van der Waals surface area contributed by atoms with Gasteiger partial charge in [-0.25, -0.2) is 0 Å². The van der Waals surface area contributed by atoms with Crippen molar-refractivity contribution in [2.45, 2.75) is 0 Å². The normalized spacial score (nSPS) is 14.2. The number of methoxy groups -OCH3 is 1. The van der Waals surface area contributed by atoms with Crippen LogP contribution in [0.2, 0.25) is 0 Å². The van der Waals surface area contributed by atoms with Crippen molar-refractivity contribution >= 4 is 11.6 Å². The number of benzene rings is 2. The fourth-order valence-corrected chi connectivity index (χ4v) is 3.62. The Labute approximate surface area is 164 Å². The monoisotopic (exact) mass is 376 g/mol. The van der Waals surface area contributed by atoms with Crippen molar-refractivity contribution in [3.05, 3.63) is 66.4 Å². The number of carbonyl (C=O) groups is 1. The molecule has 1 aliphatic rings. The highest BCUT2D eigenvalue weighted by molar-refractivity contribution is 5.94. The summed E-state index contributed by atoms with van der Waals surface area (Å²) in [5, 5.41) is 4.52. The molecule has 0 N–H and O–H groups in total. The Morgan fingerprint density at radius 3 is 2.36 bits per heavy atom. The van der Waals surface area contributed by atoms with Gasteiger partial charge in [0.2, 0.25) is 0 Å². The molecule has 1 saturated heterocycles. The van der Waals surface area contributed by atoms with E-state index >= 15 is 0 Å². The van der Waals surface area contributed by atoms with Gasteiger partial charge >= 0.3 is 0 Å². The smallest absolute Gasteiger partial charge is 0.272 e. The van der Waals surface area contributed by atoms with Gasteiger partial charge in [-0.1, -0.05) is 42.5 Å². The first kappa shape index (κ1) is 18.1. The predicted octanol–water partition coefficient (Wildman–Crippen LogP) is 3.06. The lowest BCUT2D eigenvalue weighted by molar-refractivity contribution is 0.0735. The molecule has 1 fully saturated rings. The summed E-state index contributed by atoms with van der Waals surface area (Å²) in [6, 6.07) is 19.8. The third kappa shape index (κ3) is 3.45. The number of anilines is 1. The molecule has 0 spiro atoms. The van der Waals surface area contributed by atoms with Crippen LogP contribution in [0, 0.1) is 0 Å². The molecule has 28 heavy (non-hydrogen) atoms. The number of para-hydroxylation sites is 2. The van der Waals surface area contributed by atoms with Crippen molar-refractivity contribution in [2.24, 2.45) is 7.05 Å². The summed E-state index contributed by atoms with van der Waals surface area (Å²) in [4.78, 5) is 17.2. The van der Waals surface area contributed by atoms with E-state index in [0.717, 1.165) is 35.8 Å². The standard InChI is InChI=1S/C22H24N4O2/c1-24-20(16-18(23-24)17-8-4-3-5-9-17)22(27)26-14-12-25(13-15-26)19-10-6-7-11-21(19)28-2/h3-11,16H,12-15H2,1-2H3. The molecule has 1 amide bonds. The molecule has 0 unspecified atom stereocenters. The second kappa shape index (κ2) is 7.76. The number of rotatable bonds is 4. The van der Waals surface area contributed by atoms with Crippen LogP contribution >= 0.6 is 0 Å². The minimum Gasteiger partial charge on any atom is -0.495 e. The van der Waals surface area contributed by atoms with Crippen LogP contribution < -0.4 is 9.64 Å². The molecule has 0 saturated carbocycles. The van der Waals surface area contributed by atoms with Crippen molar-refractivity contribution in [2.75, 3.05) is 38.2 Å². The van der Waals surface area contributed by atoms with E-state index in [0.29, 0.717) is 18.8 Å². The van der Waals surface area contributed by atoms with Crippen molar-refractivity contribution in [3.63, 3.8) is 0 Å². The van der Waals surface area contributed by atoms with Crippen molar-refractivity contribution < 1.29 is 9.53 Å². The Bertz CT molecular complexity index is 960. The van der Waals surface area contributed by atoms with Crippen LogP contribution in [0.1, 0.15) is 10.5 Å². The summed E-state index contributed by atoms with van der Waals surface area (Å²) < 4.78 is 7.15. The average molecular weight is 376 g/mol. The first-order valence-electron chi connectivity index (χ1n) is 9.44. The molecular weight excluding hydrogens is 352 g/mol. The number of carbonyl (C=O) groups excluding carboxylic acids is 1. The third-order valence-electron chi connectivity index (χ3n) is 5.16. The molecule has 2 aromatic carbocycles. The van der Waals surface area contributed by atoms with Gasteiger partial charge in [0.1, 0.15) is 11.4 Å². The Morgan fingerprint density at radius 2 is 1.64 bits per heavy atom. The number of nitrogens with zero attached hydrogens (tertiary/aromatic N) is 4. The maximum Gasteiger partial charge on any atom is 0.272 e. The van der Waals surface area contributed by atoms with E-state index in [4.69, 9.17) is 4.74 Å². The fourth-order valence-electron chi connectivity index (χ4n) is 3.62. The molecule has 0 atom stereocenters. The van der Waals surface area contributed by atoms with E-state index in [-0.39, 0.29) is 5.91 Å². The van der Waals surface area contributed by atoms with E-state index in [1.54, 1.807) is 11.8 Å². The summed E-state index contributed by atoms with van der Waals surface area (Å²) in [6.07, 6.45) is 0. The molecule has 6 heteroatoms. The van der Waals surface area contributed by atoms with Crippen LogP contribution in [-0.2, 0) is 7.05 Å². The summed E-state index contributed by atoms with van der Waals surface area (Å²) in [6.45, 7) is 2.89. The van der Waals surface area contributed by atoms with Gasteiger partial charge in [-0.2, -0.15) is 5.10 Å². The van der Waals surface area contributed by atoms with E-state index < -0.39 is 0 Å². The van der Waals surface area contributed by atoms with Crippen LogP contribution in [0.5, 0.6) is 5.75 Å². The van der Waals surface area contributed by atoms with Crippen LogP contribution in [0.4, 0.5) is 5.69 Å². The summed E-state index contributed by atoms with van der Waals surface area (Å²) in [7, 11) is 3.51. The molecule has 1 aliphatic heterocycles. The molecular formula is C22H24N4O2. The minimum absolute atomic E-state index is 0.0249. The Morgan fingerprint density at radius 1 is 0.964 bits per heavy atom. The molecule has 3 aromatic rings. The lowest BCUT2D eigenvalue weighted by atomic mass is 10.1. The largest absolute Gasteiger partial charge is 0.495 e. The molecule has 4 rings (SSSR count). The number of hydrogen-bond acceptors (Lipinski definition) is 4. The Balaban J connectivity index is 1.47. The highest BCUT2D eigenvalue weighted by atomic mass is 16.5. The van der Waals surface area contributed by atoms with Crippen molar-refractivity contribution in [3.8, 4) is 17.0 Å². The van der Waals surface area contributed by atoms with Gasteiger partial charge in [0, 0.05) is 38.8 Å². The van der Waals surface area contributed by atoms with Crippen molar-refractivity contribution in [1.29, 1.82) is 0 Å². The van der Waals surface area contributed by atoms with Gasteiger partial charge < -0.3 is 14.5 Å². The van der Waals surface area contributed by atoms with Crippen LogP contribution in [0.15, 0.2) is 60.7 Å². The van der Waals surface area contributed by atoms with Crippen molar-refractivity contribution in [1.82, 2.24) is 14.7 Å². The van der Waals surface area contributed by atoms with Crippen LogP contribution in [0.25, 0.3) is 11.3 Å². The van der Waals surface area contributed by atoms with Gasteiger partial charge in [0.25, 0.3) is 5.91 Å². The lowest BCUT2D eigenvalue weighted by Crippen LogP contribution is -2.49. The zero-order chi connectivity index (χ0) is 19.5. The predicted molar refractivity (Wildman–Crippen MR) is 110 cm³/mol. The van der Waals surface area contributed by atoms with Crippen LogP contribution in [0.3, 0.4) is 0 Å². The van der Waals surface area contributed by atoms with E-state index in [1.165, 1.54) is 0 Å². The van der Waals surface area contributed by atoms with Gasteiger partial charge in [-0.3, -0.25) is 9.48 Å². The number of aromatic nitrogens is 2. The highest BCUT2D eigenvalue weighted by Gasteiger charge is 2.26. The molecule has 144 valence electrons. The zero-order valence-electron chi connectivity index (χ0n) is 16.2. The van der Waals surface area contributed by atoms with E-state index in [1.807, 2.05) is 66.5 Å². The van der Waals surface area contributed by atoms with Gasteiger partial charge in [-0.05, 0) is 18.2 Å². The van der Waals surface area contributed by atoms with Crippen LogP contribution in [-0.4, -0.2) is 53.9 Å². The Hall–Kier alpha value is -3.28. The van der Waals surface area contributed by atoms with E-state index in [9.17, 15) is 4.79 Å². The third-order valence-corrected chi connectivity index (χ3v) is 5.16. The summed E-state index contributed by atoms with van der Waals surface area (Å²) in [5.74, 6) is 0.887. The number of aryl methyl sites for hydroxylation is 1. The van der Waals surface area contributed by atoms with Gasteiger partial charge in [0.15, 0.2) is 0 Å². The summed E-state index contributed by atoms with van der Waals surface area (Å²) >= 11 is 0. The number of hydrogen-bond donors (Lipinski definition) is 0. The minimum atomic E-state index is 0.0249. The average Bonchev–Trinajstić information content (AvgIpc) is 3.15. The second-order valence-corrected chi connectivity index (χ2v) is 6.86. The second-order valence-electron chi connectivity index (χ2n) is 6.86. The molecule has 0 aliphatic carbocycles. The van der Waals surface area contributed by atoms with Gasteiger partial charge in [-0.15, -0.1) is 0 Å². The summed E-state index contributed by atoms with van der Waals surface area (Å²) in [5.41, 5.74) is 3.52. The highest BCUT2D eigenvalue weighted by Crippen LogP contribution is 2.28. The quantitative estimate of drug-likeness (QED) is 0.702. The molecule has 1 aromatic heterocycles. The first-order chi connectivity index (χ1) is 13.7. The number of ether oxygens (including phenoxy) is 1. The maximum absolute atomic E-state index is 13.1. The topological polar surface area (TPSA) is 50.6 Å². The molecule has 6 nitrogen and oxygen atoms in total. The maximum atomic E-state index is 13.1.